The Balaban J connectivity index is 2.13. The topological polar surface area (TPSA) is 32.3 Å². The van der Waals surface area contributed by atoms with Gasteiger partial charge in [0.15, 0.2) is 0 Å². The monoisotopic (exact) mass is 312 g/mol. The van der Waals surface area contributed by atoms with Gasteiger partial charge in [-0.1, -0.05) is 23.7 Å². The minimum Gasteiger partial charge on any atom is -0.347 e. The van der Waals surface area contributed by atoms with Crippen LogP contribution in [0.4, 0.5) is 4.39 Å². The molecule has 0 radical (unpaired) electrons. The van der Waals surface area contributed by atoms with E-state index in [0.29, 0.717) is 5.56 Å². The van der Waals surface area contributed by atoms with Crippen LogP contribution in [0, 0.1) is 11.7 Å². The molecule has 1 unspecified atom stereocenters. The van der Waals surface area contributed by atoms with E-state index in [-0.39, 0.29) is 16.8 Å². The number of benzene rings is 1. The van der Waals surface area contributed by atoms with Crippen LogP contribution in [0.1, 0.15) is 32.3 Å². The second kappa shape index (κ2) is 6.32. The first kappa shape index (κ1) is 16.2. The Morgan fingerprint density at radius 3 is 2.86 bits per heavy atom. The minimum atomic E-state index is -0.702. The molecule has 3 nitrogen and oxygen atoms in total. The van der Waals surface area contributed by atoms with Crippen LogP contribution >= 0.6 is 11.6 Å². The number of carbonyl (C=O) groups excluding carboxylic acids is 1. The van der Waals surface area contributed by atoms with Crippen molar-refractivity contribution in [3.05, 3.63) is 34.6 Å². The fourth-order valence-corrected chi connectivity index (χ4v) is 3.21. The molecule has 0 saturated carbocycles. The Bertz CT molecular complexity index is 533. The molecule has 0 aliphatic carbocycles. The van der Waals surface area contributed by atoms with Crippen LogP contribution in [0.5, 0.6) is 0 Å². The van der Waals surface area contributed by atoms with Gasteiger partial charge in [0.1, 0.15) is 5.82 Å². The van der Waals surface area contributed by atoms with Crippen molar-refractivity contribution in [3.8, 4) is 0 Å². The van der Waals surface area contributed by atoms with Gasteiger partial charge >= 0.3 is 0 Å². The second-order valence-electron chi connectivity index (χ2n) is 6.32. The van der Waals surface area contributed by atoms with Crippen LogP contribution in [0.15, 0.2) is 18.2 Å². The summed E-state index contributed by atoms with van der Waals surface area (Å²) >= 11 is 6.04. The number of rotatable bonds is 3. The largest absolute Gasteiger partial charge is 0.347 e. The van der Waals surface area contributed by atoms with Crippen molar-refractivity contribution >= 4 is 17.5 Å². The number of likely N-dealkylation sites (tertiary alicyclic amines) is 1. The highest BCUT2D eigenvalue weighted by Crippen LogP contribution is 2.30. The van der Waals surface area contributed by atoms with Crippen LogP contribution in [0.3, 0.4) is 0 Å². The number of amides is 1. The molecule has 1 aromatic rings. The zero-order valence-electron chi connectivity index (χ0n) is 12.7. The summed E-state index contributed by atoms with van der Waals surface area (Å²) in [4.78, 5) is 14.6. The van der Waals surface area contributed by atoms with Crippen molar-refractivity contribution in [2.24, 2.45) is 5.92 Å². The lowest BCUT2D eigenvalue weighted by molar-refractivity contribution is -0.128. The predicted octanol–water partition coefficient (Wildman–Crippen LogP) is 3.17. The first-order valence-corrected chi connectivity index (χ1v) is 7.64. The Labute approximate surface area is 130 Å². The van der Waals surface area contributed by atoms with Crippen molar-refractivity contribution in [1.82, 2.24) is 10.2 Å². The van der Waals surface area contributed by atoms with Crippen LogP contribution < -0.4 is 5.32 Å². The molecule has 1 atom stereocenters. The van der Waals surface area contributed by atoms with Gasteiger partial charge in [-0.3, -0.25) is 4.79 Å². The first-order valence-electron chi connectivity index (χ1n) is 7.26. The fourth-order valence-electron chi connectivity index (χ4n) is 2.84. The molecule has 1 amide bonds. The molecular weight excluding hydrogens is 291 g/mol. The lowest BCUT2D eigenvalue weighted by Crippen LogP contribution is -2.48. The highest BCUT2D eigenvalue weighted by Gasteiger charge is 2.31. The highest BCUT2D eigenvalue weighted by atomic mass is 35.5. The quantitative estimate of drug-likeness (QED) is 0.930. The van der Waals surface area contributed by atoms with Crippen molar-refractivity contribution in [1.29, 1.82) is 0 Å². The van der Waals surface area contributed by atoms with Crippen LogP contribution in [0.25, 0.3) is 0 Å². The van der Waals surface area contributed by atoms with E-state index in [0.717, 1.165) is 25.9 Å². The van der Waals surface area contributed by atoms with Gasteiger partial charge in [0.25, 0.3) is 0 Å². The molecule has 1 N–H and O–H groups in total. The summed E-state index contributed by atoms with van der Waals surface area (Å²) in [5.74, 6) is -0.476. The summed E-state index contributed by atoms with van der Waals surface area (Å²) in [6.45, 7) is 5.48. The number of nitrogens with zero attached hydrogens (tertiary/aromatic N) is 1. The number of halogens is 2. The van der Waals surface area contributed by atoms with Crippen molar-refractivity contribution < 1.29 is 9.18 Å². The molecule has 116 valence electrons. The van der Waals surface area contributed by atoms with E-state index in [2.05, 4.69) is 10.2 Å². The van der Waals surface area contributed by atoms with Crippen molar-refractivity contribution in [2.45, 2.75) is 32.2 Å². The Morgan fingerprint density at radius 2 is 2.19 bits per heavy atom. The van der Waals surface area contributed by atoms with Gasteiger partial charge in [-0.05, 0) is 51.9 Å². The summed E-state index contributed by atoms with van der Waals surface area (Å²) in [6.07, 6.45) is 1.92. The molecule has 0 bridgehead atoms. The van der Waals surface area contributed by atoms with Crippen LogP contribution in [0.2, 0.25) is 5.02 Å². The van der Waals surface area contributed by atoms with Crippen molar-refractivity contribution in [3.63, 3.8) is 0 Å². The molecule has 5 heteroatoms. The highest BCUT2D eigenvalue weighted by molar-refractivity contribution is 6.31. The van der Waals surface area contributed by atoms with E-state index in [4.69, 9.17) is 11.6 Å². The zero-order valence-corrected chi connectivity index (χ0v) is 13.5. The molecule has 1 aliphatic heterocycles. The maximum atomic E-state index is 13.6. The zero-order chi connectivity index (χ0) is 15.6. The van der Waals surface area contributed by atoms with Gasteiger partial charge in [0.05, 0.1) is 16.5 Å². The molecule has 1 saturated heterocycles. The molecular formula is C16H22ClFN2O. The predicted molar refractivity (Wildman–Crippen MR) is 82.8 cm³/mol. The Morgan fingerprint density at radius 1 is 1.48 bits per heavy atom. The van der Waals surface area contributed by atoms with Gasteiger partial charge in [0, 0.05) is 6.54 Å². The SMILES string of the molecule is CN1CCCC(C(=O)NC(C)(C)c2cccc(F)c2Cl)C1. The molecule has 1 heterocycles. The average molecular weight is 313 g/mol. The molecule has 2 rings (SSSR count). The van der Waals surface area contributed by atoms with Crippen molar-refractivity contribution in [2.75, 3.05) is 20.1 Å². The maximum Gasteiger partial charge on any atom is 0.225 e. The lowest BCUT2D eigenvalue weighted by Gasteiger charge is -2.33. The van der Waals surface area contributed by atoms with E-state index in [9.17, 15) is 9.18 Å². The van der Waals surface area contributed by atoms with E-state index in [1.807, 2.05) is 20.9 Å². The standard InChI is InChI=1S/C16H22ClFN2O/c1-16(2,12-7-4-8-13(18)14(12)17)19-15(21)11-6-5-9-20(3)10-11/h4,7-8,11H,5-6,9-10H2,1-3H3,(H,19,21). The third-order valence-corrected chi connectivity index (χ3v) is 4.44. The van der Waals surface area contributed by atoms with E-state index in [1.54, 1.807) is 12.1 Å². The molecule has 1 aliphatic rings. The van der Waals surface area contributed by atoms with Crippen LogP contribution in [-0.4, -0.2) is 30.9 Å². The number of hydrogen-bond acceptors (Lipinski definition) is 2. The maximum absolute atomic E-state index is 13.6. The lowest BCUT2D eigenvalue weighted by atomic mass is 9.91. The Kier molecular flexibility index (Phi) is 4.89. The third kappa shape index (κ3) is 3.74. The van der Waals surface area contributed by atoms with Gasteiger partial charge < -0.3 is 10.2 Å². The number of hydrogen-bond donors (Lipinski definition) is 1. The summed E-state index contributed by atoms with van der Waals surface area (Å²) in [6, 6.07) is 4.68. The minimum absolute atomic E-state index is 0.00637. The molecule has 0 aromatic heterocycles. The van der Waals surface area contributed by atoms with Gasteiger partial charge in [-0.25, -0.2) is 4.39 Å². The number of nitrogens with one attached hydrogen (secondary N) is 1. The summed E-state index contributed by atoms with van der Waals surface area (Å²) in [5, 5.41) is 3.09. The first-order chi connectivity index (χ1) is 9.81. The molecule has 0 spiro atoms. The number of carbonyl (C=O) groups is 1. The smallest absolute Gasteiger partial charge is 0.225 e. The Hall–Kier alpha value is -1.13. The average Bonchev–Trinajstić information content (AvgIpc) is 2.41. The van der Waals surface area contributed by atoms with Gasteiger partial charge in [0.2, 0.25) is 5.91 Å². The molecule has 1 fully saturated rings. The molecule has 1 aromatic carbocycles. The van der Waals surface area contributed by atoms with Gasteiger partial charge in [-0.15, -0.1) is 0 Å². The third-order valence-electron chi connectivity index (χ3n) is 4.06. The fraction of sp³-hybridized carbons (Fsp3) is 0.562. The van der Waals surface area contributed by atoms with E-state index >= 15 is 0 Å². The number of piperidine rings is 1. The summed E-state index contributed by atoms with van der Waals surface area (Å²) in [7, 11) is 2.02. The second-order valence-corrected chi connectivity index (χ2v) is 6.69. The summed E-state index contributed by atoms with van der Waals surface area (Å²) in [5.41, 5.74) is -0.103. The summed E-state index contributed by atoms with van der Waals surface area (Å²) < 4.78 is 13.6. The van der Waals surface area contributed by atoms with Gasteiger partial charge in [-0.2, -0.15) is 0 Å². The van der Waals surface area contributed by atoms with E-state index < -0.39 is 11.4 Å². The normalized spacial score (nSPS) is 20.3. The van der Waals surface area contributed by atoms with E-state index in [1.165, 1.54) is 6.07 Å². The molecule has 21 heavy (non-hydrogen) atoms. The van der Waals surface area contributed by atoms with Crippen LogP contribution in [-0.2, 0) is 10.3 Å².